The second kappa shape index (κ2) is 8.20. The minimum absolute atomic E-state index is 0.129. The van der Waals surface area contributed by atoms with Crippen LogP contribution >= 0.6 is 0 Å². The first kappa shape index (κ1) is 19.1. The molecule has 0 bridgehead atoms. The van der Waals surface area contributed by atoms with Crippen LogP contribution in [-0.4, -0.2) is 72.7 Å². The third kappa shape index (κ3) is 3.87. The smallest absolute Gasteiger partial charge is 0.254 e. The first-order valence-electron chi connectivity index (χ1n) is 8.46. The van der Waals surface area contributed by atoms with Gasteiger partial charge in [-0.3, -0.25) is 9.59 Å². The summed E-state index contributed by atoms with van der Waals surface area (Å²) in [6, 6.07) is 4.23. The molecule has 1 aliphatic heterocycles. The number of hydrogen-bond donors (Lipinski definition) is 1. The second-order valence-corrected chi connectivity index (χ2v) is 5.94. The summed E-state index contributed by atoms with van der Waals surface area (Å²) in [6.45, 7) is 5.08. The molecule has 1 fully saturated rings. The van der Waals surface area contributed by atoms with Crippen molar-refractivity contribution in [1.29, 1.82) is 0 Å². The average molecular weight is 350 g/mol. The third-order valence-electron chi connectivity index (χ3n) is 4.53. The maximum atomic E-state index is 12.9. The van der Waals surface area contributed by atoms with E-state index in [4.69, 9.17) is 9.47 Å². The molecule has 1 heterocycles. The molecule has 0 saturated carbocycles. The number of amides is 2. The van der Waals surface area contributed by atoms with Gasteiger partial charge >= 0.3 is 0 Å². The zero-order valence-corrected chi connectivity index (χ0v) is 15.2. The number of aliphatic hydroxyl groups excluding tert-OH is 1. The van der Waals surface area contributed by atoms with Crippen molar-refractivity contribution in [3.63, 3.8) is 0 Å². The second-order valence-electron chi connectivity index (χ2n) is 5.94. The number of ether oxygens (including phenoxy) is 2. The molecule has 2 amide bonds. The van der Waals surface area contributed by atoms with E-state index in [9.17, 15) is 14.7 Å². The summed E-state index contributed by atoms with van der Waals surface area (Å²) < 4.78 is 10.4. The summed E-state index contributed by atoms with van der Waals surface area (Å²) in [5.41, 5.74) is 0.393. The Morgan fingerprint density at radius 2 is 1.84 bits per heavy atom. The predicted molar refractivity (Wildman–Crippen MR) is 92.9 cm³/mol. The topological polar surface area (TPSA) is 79.3 Å². The zero-order chi connectivity index (χ0) is 18.6. The number of β-amino-alcohol motifs (C(OH)–C–C–N with tert-alkyl or cyclic N) is 1. The Kier molecular flexibility index (Phi) is 6.25. The van der Waals surface area contributed by atoms with Crippen LogP contribution in [0.15, 0.2) is 18.2 Å². The number of carbonyl (C=O) groups excluding carboxylic acids is 2. The highest BCUT2D eigenvalue weighted by atomic mass is 16.5. The summed E-state index contributed by atoms with van der Waals surface area (Å²) in [4.78, 5) is 28.8. The van der Waals surface area contributed by atoms with Crippen LogP contribution in [0.5, 0.6) is 11.5 Å². The number of rotatable bonds is 6. The van der Waals surface area contributed by atoms with Crippen molar-refractivity contribution in [1.82, 2.24) is 9.80 Å². The van der Waals surface area contributed by atoms with Gasteiger partial charge in [0.15, 0.2) is 11.5 Å². The highest BCUT2D eigenvalue weighted by Crippen LogP contribution is 2.29. The van der Waals surface area contributed by atoms with Crippen molar-refractivity contribution in [2.45, 2.75) is 32.4 Å². The van der Waals surface area contributed by atoms with Crippen LogP contribution < -0.4 is 9.47 Å². The standard InChI is InChI=1S/C18H26N2O5/c1-5-19(6-2)18(23)14-10-13(21)11-20(14)17(22)12-7-8-15(24-3)16(9-12)25-4/h7-9,13-14,21H,5-6,10-11H2,1-4H3. The van der Waals surface area contributed by atoms with E-state index in [-0.39, 0.29) is 24.8 Å². The molecule has 7 nitrogen and oxygen atoms in total. The fourth-order valence-corrected chi connectivity index (χ4v) is 3.15. The number of benzene rings is 1. The number of methoxy groups -OCH3 is 2. The van der Waals surface area contributed by atoms with Gasteiger partial charge in [-0.15, -0.1) is 0 Å². The quantitative estimate of drug-likeness (QED) is 0.832. The molecular formula is C18H26N2O5. The van der Waals surface area contributed by atoms with Gasteiger partial charge in [-0.25, -0.2) is 0 Å². The van der Waals surface area contributed by atoms with Gasteiger partial charge in [-0.05, 0) is 32.0 Å². The van der Waals surface area contributed by atoms with Crippen molar-refractivity contribution in [3.8, 4) is 11.5 Å². The van der Waals surface area contributed by atoms with E-state index in [2.05, 4.69) is 0 Å². The van der Waals surface area contributed by atoms with Gasteiger partial charge in [0.2, 0.25) is 5.91 Å². The monoisotopic (exact) mass is 350 g/mol. The fourth-order valence-electron chi connectivity index (χ4n) is 3.15. The van der Waals surface area contributed by atoms with Crippen molar-refractivity contribution in [3.05, 3.63) is 23.8 Å². The van der Waals surface area contributed by atoms with E-state index in [0.717, 1.165) is 0 Å². The third-order valence-corrected chi connectivity index (χ3v) is 4.53. The number of likely N-dealkylation sites (N-methyl/N-ethyl adjacent to an activating group) is 1. The summed E-state index contributed by atoms with van der Waals surface area (Å²) in [6.07, 6.45) is -0.442. The van der Waals surface area contributed by atoms with Gasteiger partial charge in [0.05, 0.1) is 20.3 Å². The maximum absolute atomic E-state index is 12.9. The lowest BCUT2D eigenvalue weighted by molar-refractivity contribution is -0.135. The van der Waals surface area contributed by atoms with Gasteiger partial charge in [0.25, 0.3) is 5.91 Å². The van der Waals surface area contributed by atoms with Gasteiger partial charge in [0.1, 0.15) is 6.04 Å². The highest BCUT2D eigenvalue weighted by Gasteiger charge is 2.40. The van der Waals surface area contributed by atoms with E-state index in [0.29, 0.717) is 30.2 Å². The van der Waals surface area contributed by atoms with Crippen molar-refractivity contribution in [2.75, 3.05) is 33.9 Å². The molecule has 7 heteroatoms. The van der Waals surface area contributed by atoms with E-state index < -0.39 is 12.1 Å². The summed E-state index contributed by atoms with van der Waals surface area (Å²) in [7, 11) is 3.02. The van der Waals surface area contributed by atoms with Crippen LogP contribution in [0.1, 0.15) is 30.6 Å². The van der Waals surface area contributed by atoms with Crippen LogP contribution in [0.2, 0.25) is 0 Å². The number of likely N-dealkylation sites (tertiary alicyclic amines) is 1. The molecule has 1 N–H and O–H groups in total. The average Bonchev–Trinajstić information content (AvgIpc) is 3.03. The lowest BCUT2D eigenvalue weighted by Gasteiger charge is -2.29. The van der Waals surface area contributed by atoms with Gasteiger partial charge in [-0.1, -0.05) is 0 Å². The molecule has 0 spiro atoms. The lowest BCUT2D eigenvalue weighted by atomic mass is 10.1. The Hall–Kier alpha value is -2.28. The van der Waals surface area contributed by atoms with Crippen LogP contribution in [-0.2, 0) is 4.79 Å². The van der Waals surface area contributed by atoms with Crippen LogP contribution in [0, 0.1) is 0 Å². The molecule has 1 saturated heterocycles. The normalized spacial score (nSPS) is 19.6. The lowest BCUT2D eigenvalue weighted by Crippen LogP contribution is -2.47. The number of nitrogens with zero attached hydrogens (tertiary/aromatic N) is 2. The fraction of sp³-hybridized carbons (Fsp3) is 0.556. The summed E-state index contributed by atoms with van der Waals surface area (Å²) in [5, 5.41) is 10.0. The molecule has 25 heavy (non-hydrogen) atoms. The molecule has 1 aromatic rings. The molecule has 0 aromatic heterocycles. The van der Waals surface area contributed by atoms with Gasteiger partial charge in [-0.2, -0.15) is 0 Å². The SMILES string of the molecule is CCN(CC)C(=O)C1CC(O)CN1C(=O)c1ccc(OC)c(OC)c1. The van der Waals surface area contributed by atoms with Crippen molar-refractivity contribution in [2.24, 2.45) is 0 Å². The van der Waals surface area contributed by atoms with E-state index >= 15 is 0 Å². The number of carbonyl (C=O) groups is 2. The molecule has 2 rings (SSSR count). The van der Waals surface area contributed by atoms with E-state index in [1.54, 1.807) is 23.1 Å². The molecule has 1 aromatic carbocycles. The molecule has 1 aliphatic rings. The minimum Gasteiger partial charge on any atom is -0.493 e. The molecule has 0 radical (unpaired) electrons. The molecule has 2 unspecified atom stereocenters. The van der Waals surface area contributed by atoms with E-state index in [1.165, 1.54) is 19.1 Å². The zero-order valence-electron chi connectivity index (χ0n) is 15.2. The summed E-state index contributed by atoms with van der Waals surface area (Å²) >= 11 is 0. The maximum Gasteiger partial charge on any atom is 0.254 e. The first-order valence-corrected chi connectivity index (χ1v) is 8.46. The Morgan fingerprint density at radius 1 is 1.20 bits per heavy atom. The van der Waals surface area contributed by atoms with E-state index in [1.807, 2.05) is 13.8 Å². The molecule has 0 aliphatic carbocycles. The summed E-state index contributed by atoms with van der Waals surface area (Å²) in [5.74, 6) is 0.536. The van der Waals surface area contributed by atoms with Crippen LogP contribution in [0.4, 0.5) is 0 Å². The minimum atomic E-state index is -0.700. The van der Waals surface area contributed by atoms with Crippen LogP contribution in [0.25, 0.3) is 0 Å². The number of hydrogen-bond acceptors (Lipinski definition) is 5. The molecule has 2 atom stereocenters. The Balaban J connectivity index is 2.28. The Bertz CT molecular complexity index is 630. The van der Waals surface area contributed by atoms with Crippen LogP contribution in [0.3, 0.4) is 0 Å². The molecular weight excluding hydrogens is 324 g/mol. The largest absolute Gasteiger partial charge is 0.493 e. The highest BCUT2D eigenvalue weighted by molar-refractivity contribution is 5.98. The predicted octanol–water partition coefficient (Wildman–Crippen LogP) is 1.15. The van der Waals surface area contributed by atoms with Gasteiger partial charge in [0, 0.05) is 31.6 Å². The molecule has 138 valence electrons. The van der Waals surface area contributed by atoms with Gasteiger partial charge < -0.3 is 24.4 Å². The first-order chi connectivity index (χ1) is 12.0. The Labute approximate surface area is 148 Å². The van der Waals surface area contributed by atoms with Crippen molar-refractivity contribution >= 4 is 11.8 Å². The number of aliphatic hydroxyl groups is 1. The Morgan fingerprint density at radius 3 is 2.40 bits per heavy atom. The van der Waals surface area contributed by atoms with Crippen molar-refractivity contribution < 1.29 is 24.2 Å².